The lowest BCUT2D eigenvalue weighted by Gasteiger charge is -2.32. The van der Waals surface area contributed by atoms with Crippen LogP contribution in [-0.4, -0.2) is 47.3 Å². The highest BCUT2D eigenvalue weighted by Crippen LogP contribution is 2.21. The van der Waals surface area contributed by atoms with E-state index in [4.69, 9.17) is 0 Å². The van der Waals surface area contributed by atoms with Crippen LogP contribution in [0.4, 0.5) is 0 Å². The third kappa shape index (κ3) is 2.68. The first-order valence-electron chi connectivity index (χ1n) is 7.21. The molecule has 0 aromatic heterocycles. The summed E-state index contributed by atoms with van der Waals surface area (Å²) in [6, 6.07) is 0.398. The van der Waals surface area contributed by atoms with Crippen LogP contribution in [0.3, 0.4) is 0 Å². The van der Waals surface area contributed by atoms with Crippen LogP contribution in [0, 0.1) is 5.92 Å². The van der Waals surface area contributed by atoms with Crippen molar-refractivity contribution >= 4 is 11.8 Å². The number of carbonyl (C=O) groups excluding carboxylic acids is 2. The van der Waals surface area contributed by atoms with E-state index < -0.39 is 0 Å². The molecule has 4 heteroatoms. The second-order valence-corrected chi connectivity index (χ2v) is 5.59. The smallest absolute Gasteiger partial charge is 0.242 e. The third-order valence-electron chi connectivity index (χ3n) is 4.29. The average molecular weight is 252 g/mol. The molecule has 0 aromatic rings. The molecule has 0 spiro atoms. The van der Waals surface area contributed by atoms with Crippen LogP contribution < -0.4 is 0 Å². The molecule has 2 atom stereocenters. The summed E-state index contributed by atoms with van der Waals surface area (Å²) in [5.41, 5.74) is 0. The van der Waals surface area contributed by atoms with Crippen molar-refractivity contribution in [2.45, 2.75) is 52.0 Å². The van der Waals surface area contributed by atoms with Crippen LogP contribution in [0.15, 0.2) is 0 Å². The predicted molar refractivity (Wildman–Crippen MR) is 70.0 cm³/mol. The number of hydrogen-bond donors (Lipinski definition) is 0. The van der Waals surface area contributed by atoms with Gasteiger partial charge in [-0.15, -0.1) is 0 Å². The fourth-order valence-corrected chi connectivity index (χ4v) is 3.13. The summed E-state index contributed by atoms with van der Waals surface area (Å²) in [4.78, 5) is 28.0. The van der Waals surface area contributed by atoms with E-state index in [1.807, 2.05) is 11.8 Å². The number of piperidine rings is 1. The molecule has 0 saturated carbocycles. The molecule has 0 bridgehead atoms. The zero-order chi connectivity index (χ0) is 13.1. The maximum Gasteiger partial charge on any atom is 0.242 e. The molecule has 0 aliphatic carbocycles. The zero-order valence-corrected chi connectivity index (χ0v) is 11.5. The second kappa shape index (κ2) is 5.72. The summed E-state index contributed by atoms with van der Waals surface area (Å²) in [6.07, 6.45) is 5.24. The van der Waals surface area contributed by atoms with Gasteiger partial charge in [0.05, 0.1) is 6.54 Å². The third-order valence-corrected chi connectivity index (χ3v) is 4.29. The lowest BCUT2D eigenvalue weighted by Crippen LogP contribution is -2.48. The summed E-state index contributed by atoms with van der Waals surface area (Å²) < 4.78 is 0. The Kier molecular flexibility index (Phi) is 4.25. The van der Waals surface area contributed by atoms with E-state index >= 15 is 0 Å². The first-order valence-corrected chi connectivity index (χ1v) is 7.21. The first kappa shape index (κ1) is 13.4. The largest absolute Gasteiger partial charge is 0.338 e. The second-order valence-electron chi connectivity index (χ2n) is 5.59. The van der Waals surface area contributed by atoms with E-state index in [1.54, 1.807) is 4.90 Å². The van der Waals surface area contributed by atoms with Gasteiger partial charge in [0.25, 0.3) is 0 Å². The van der Waals surface area contributed by atoms with Crippen molar-refractivity contribution in [1.82, 2.24) is 9.80 Å². The van der Waals surface area contributed by atoms with Crippen LogP contribution in [-0.2, 0) is 9.59 Å². The van der Waals surface area contributed by atoms with Gasteiger partial charge >= 0.3 is 0 Å². The number of carbonyl (C=O) groups is 2. The Morgan fingerprint density at radius 3 is 2.72 bits per heavy atom. The maximum atomic E-state index is 12.3. The van der Waals surface area contributed by atoms with Gasteiger partial charge in [0, 0.05) is 25.0 Å². The van der Waals surface area contributed by atoms with Crippen molar-refractivity contribution in [3.8, 4) is 0 Å². The Labute approximate surface area is 109 Å². The molecule has 0 radical (unpaired) electrons. The molecule has 102 valence electrons. The van der Waals surface area contributed by atoms with Gasteiger partial charge in [0.1, 0.15) is 0 Å². The number of nitrogens with zero attached hydrogens (tertiary/aromatic N) is 2. The van der Waals surface area contributed by atoms with E-state index in [0.29, 0.717) is 12.6 Å². The van der Waals surface area contributed by atoms with Crippen molar-refractivity contribution in [2.24, 2.45) is 5.92 Å². The molecule has 2 amide bonds. The van der Waals surface area contributed by atoms with Crippen LogP contribution >= 0.6 is 0 Å². The summed E-state index contributed by atoms with van der Waals surface area (Å²) in [5, 5.41) is 0. The Hall–Kier alpha value is -1.06. The van der Waals surface area contributed by atoms with E-state index in [2.05, 4.69) is 6.92 Å². The minimum atomic E-state index is 0.0899. The van der Waals surface area contributed by atoms with E-state index in [9.17, 15) is 9.59 Å². The molecule has 1 unspecified atom stereocenters. The fourth-order valence-electron chi connectivity index (χ4n) is 3.13. The van der Waals surface area contributed by atoms with Gasteiger partial charge < -0.3 is 9.80 Å². The number of hydrogen-bond acceptors (Lipinski definition) is 2. The molecule has 2 aliphatic heterocycles. The fraction of sp³-hybridized carbons (Fsp3) is 0.857. The SMILES string of the molecule is CCC1CCCN1C(=O)CN1CCC[C@H](C)C1=O. The molecule has 0 aromatic carbocycles. The molecule has 2 rings (SSSR count). The van der Waals surface area contributed by atoms with Crippen molar-refractivity contribution in [3.63, 3.8) is 0 Å². The number of likely N-dealkylation sites (tertiary alicyclic amines) is 2. The highest BCUT2D eigenvalue weighted by molar-refractivity contribution is 5.86. The monoisotopic (exact) mass is 252 g/mol. The lowest BCUT2D eigenvalue weighted by molar-refractivity contribution is -0.145. The highest BCUT2D eigenvalue weighted by Gasteiger charge is 2.31. The van der Waals surface area contributed by atoms with Gasteiger partial charge in [0.15, 0.2) is 0 Å². The quantitative estimate of drug-likeness (QED) is 0.766. The topological polar surface area (TPSA) is 40.6 Å². The molecule has 2 aliphatic rings. The summed E-state index contributed by atoms with van der Waals surface area (Å²) >= 11 is 0. The van der Waals surface area contributed by atoms with Crippen molar-refractivity contribution in [3.05, 3.63) is 0 Å². The van der Waals surface area contributed by atoms with Crippen molar-refractivity contribution < 1.29 is 9.59 Å². The van der Waals surface area contributed by atoms with Crippen LogP contribution in [0.5, 0.6) is 0 Å². The van der Waals surface area contributed by atoms with Crippen LogP contribution in [0.2, 0.25) is 0 Å². The Morgan fingerprint density at radius 2 is 2.00 bits per heavy atom. The minimum Gasteiger partial charge on any atom is -0.338 e. The predicted octanol–water partition coefficient (Wildman–Crippen LogP) is 1.65. The summed E-state index contributed by atoms with van der Waals surface area (Å²) in [7, 11) is 0. The Bertz CT molecular complexity index is 330. The lowest BCUT2D eigenvalue weighted by atomic mass is 9.99. The first-order chi connectivity index (χ1) is 8.63. The van der Waals surface area contributed by atoms with Gasteiger partial charge in [-0.2, -0.15) is 0 Å². The molecule has 2 fully saturated rings. The number of amides is 2. The minimum absolute atomic E-state index is 0.0899. The molecular weight excluding hydrogens is 228 g/mol. The van der Waals surface area contributed by atoms with Gasteiger partial charge in [-0.1, -0.05) is 13.8 Å². The zero-order valence-electron chi connectivity index (χ0n) is 11.5. The molecule has 2 saturated heterocycles. The van der Waals surface area contributed by atoms with Crippen LogP contribution in [0.1, 0.15) is 46.0 Å². The van der Waals surface area contributed by atoms with E-state index in [1.165, 1.54) is 0 Å². The molecule has 4 nitrogen and oxygen atoms in total. The molecule has 2 heterocycles. The van der Waals surface area contributed by atoms with Gasteiger partial charge in [-0.3, -0.25) is 9.59 Å². The molecule has 18 heavy (non-hydrogen) atoms. The summed E-state index contributed by atoms with van der Waals surface area (Å²) in [6.45, 7) is 6.00. The van der Waals surface area contributed by atoms with Crippen molar-refractivity contribution in [2.75, 3.05) is 19.6 Å². The van der Waals surface area contributed by atoms with Crippen molar-refractivity contribution in [1.29, 1.82) is 0 Å². The van der Waals surface area contributed by atoms with Crippen LogP contribution in [0.25, 0.3) is 0 Å². The maximum absolute atomic E-state index is 12.3. The standard InChI is InChI=1S/C14H24N2O2/c1-3-12-7-5-9-16(12)13(17)10-15-8-4-6-11(2)14(15)18/h11-12H,3-10H2,1-2H3/t11-,12?/m0/s1. The van der Waals surface area contributed by atoms with Gasteiger partial charge in [0.2, 0.25) is 11.8 Å². The summed E-state index contributed by atoms with van der Waals surface area (Å²) in [5.74, 6) is 0.385. The highest BCUT2D eigenvalue weighted by atomic mass is 16.2. The van der Waals surface area contributed by atoms with E-state index in [0.717, 1.165) is 45.2 Å². The average Bonchev–Trinajstić information content (AvgIpc) is 2.83. The van der Waals surface area contributed by atoms with E-state index in [-0.39, 0.29) is 17.7 Å². The Balaban J connectivity index is 1.92. The van der Waals surface area contributed by atoms with Gasteiger partial charge in [-0.05, 0) is 32.1 Å². The molecule has 0 N–H and O–H groups in total. The number of rotatable bonds is 3. The van der Waals surface area contributed by atoms with Gasteiger partial charge in [-0.25, -0.2) is 0 Å². The normalized spacial score (nSPS) is 28.9. The molecular formula is C14H24N2O2. The Morgan fingerprint density at radius 1 is 1.28 bits per heavy atom.